The number of nitrogens with one attached hydrogen (secondary N) is 1. The third-order valence-electron chi connectivity index (χ3n) is 3.86. The summed E-state index contributed by atoms with van der Waals surface area (Å²) in [5.74, 6) is 0.836. The zero-order chi connectivity index (χ0) is 15.8. The molecule has 0 aliphatic heterocycles. The van der Waals surface area contributed by atoms with E-state index in [0.717, 1.165) is 24.2 Å². The van der Waals surface area contributed by atoms with E-state index in [1.165, 1.54) is 25.7 Å². The van der Waals surface area contributed by atoms with E-state index in [2.05, 4.69) is 5.32 Å². The van der Waals surface area contributed by atoms with Crippen LogP contribution >= 0.6 is 0 Å². The maximum absolute atomic E-state index is 12.0. The molecule has 3 nitrogen and oxygen atoms in total. The maximum atomic E-state index is 12.0. The molecule has 0 spiro atoms. The summed E-state index contributed by atoms with van der Waals surface area (Å²) in [7, 11) is 0. The molecule has 0 atom stereocenters. The lowest BCUT2D eigenvalue weighted by Crippen LogP contribution is -2.33. The van der Waals surface area contributed by atoms with Crippen molar-refractivity contribution in [2.24, 2.45) is 0 Å². The Balaban J connectivity index is 1.88. The largest absolute Gasteiger partial charge is 0.491 e. The normalized spacial score (nSPS) is 16.7. The molecule has 0 radical (unpaired) electrons. The van der Waals surface area contributed by atoms with Gasteiger partial charge in [0.1, 0.15) is 5.75 Å². The van der Waals surface area contributed by atoms with Crippen molar-refractivity contribution in [3.63, 3.8) is 0 Å². The number of benzene rings is 1. The van der Waals surface area contributed by atoms with Crippen LogP contribution in [0.15, 0.2) is 30.3 Å². The van der Waals surface area contributed by atoms with Crippen molar-refractivity contribution in [3.05, 3.63) is 35.9 Å². The fourth-order valence-electron chi connectivity index (χ4n) is 2.81. The molecule has 0 saturated heterocycles. The van der Waals surface area contributed by atoms with Gasteiger partial charge in [0.15, 0.2) is 0 Å². The van der Waals surface area contributed by atoms with Crippen LogP contribution in [0.2, 0.25) is 0 Å². The van der Waals surface area contributed by atoms with Gasteiger partial charge in [-0.3, -0.25) is 4.79 Å². The van der Waals surface area contributed by atoms with Crippen molar-refractivity contribution in [3.8, 4) is 5.75 Å². The quantitative estimate of drug-likeness (QED) is 0.649. The minimum absolute atomic E-state index is 0.00193. The lowest BCUT2D eigenvalue weighted by atomic mass is 10.1. The van der Waals surface area contributed by atoms with E-state index in [1.807, 2.05) is 44.2 Å². The predicted molar refractivity (Wildman–Crippen MR) is 90.9 cm³/mol. The molecule has 3 heteroatoms. The second-order valence-electron chi connectivity index (χ2n) is 6.27. The molecule has 1 aromatic rings. The Morgan fingerprint density at radius 3 is 2.64 bits per heavy atom. The Bertz CT molecular complexity index is 500. The summed E-state index contributed by atoms with van der Waals surface area (Å²) in [4.78, 5) is 12.0. The predicted octanol–water partition coefficient (Wildman–Crippen LogP) is 4.33. The molecule has 1 saturated carbocycles. The summed E-state index contributed by atoms with van der Waals surface area (Å²) < 4.78 is 5.66. The lowest BCUT2D eigenvalue weighted by Gasteiger charge is -2.14. The van der Waals surface area contributed by atoms with Gasteiger partial charge in [-0.15, -0.1) is 0 Å². The van der Waals surface area contributed by atoms with Crippen molar-refractivity contribution < 1.29 is 9.53 Å². The summed E-state index contributed by atoms with van der Waals surface area (Å²) in [5, 5.41) is 3.12. The number of hydrogen-bond donors (Lipinski definition) is 1. The van der Waals surface area contributed by atoms with Crippen molar-refractivity contribution in [2.45, 2.75) is 64.5 Å². The highest BCUT2D eigenvalue weighted by atomic mass is 16.5. The van der Waals surface area contributed by atoms with Gasteiger partial charge in [0.25, 0.3) is 0 Å². The van der Waals surface area contributed by atoms with Crippen LogP contribution in [-0.2, 0) is 4.79 Å². The highest BCUT2D eigenvalue weighted by Crippen LogP contribution is 2.18. The highest BCUT2D eigenvalue weighted by molar-refractivity contribution is 5.91. The Hall–Kier alpha value is -1.77. The van der Waals surface area contributed by atoms with Gasteiger partial charge in [0, 0.05) is 12.1 Å². The Morgan fingerprint density at radius 2 is 1.95 bits per heavy atom. The van der Waals surface area contributed by atoms with Gasteiger partial charge in [-0.1, -0.05) is 37.8 Å². The van der Waals surface area contributed by atoms with Gasteiger partial charge < -0.3 is 10.1 Å². The third-order valence-corrected chi connectivity index (χ3v) is 3.86. The molecule has 120 valence electrons. The first-order chi connectivity index (χ1) is 10.6. The van der Waals surface area contributed by atoms with Gasteiger partial charge in [-0.2, -0.15) is 0 Å². The van der Waals surface area contributed by atoms with Crippen LogP contribution in [0.5, 0.6) is 5.75 Å². The maximum Gasteiger partial charge on any atom is 0.244 e. The minimum Gasteiger partial charge on any atom is -0.491 e. The number of amides is 1. The van der Waals surface area contributed by atoms with Gasteiger partial charge in [-0.25, -0.2) is 0 Å². The van der Waals surface area contributed by atoms with Crippen molar-refractivity contribution in [1.82, 2.24) is 5.32 Å². The van der Waals surface area contributed by atoms with E-state index >= 15 is 0 Å². The van der Waals surface area contributed by atoms with E-state index in [9.17, 15) is 4.79 Å². The number of carbonyl (C=O) groups is 1. The summed E-state index contributed by atoms with van der Waals surface area (Å²) in [6.07, 6.45) is 10.9. The Labute approximate surface area is 133 Å². The minimum atomic E-state index is 0.00193. The van der Waals surface area contributed by atoms with Crippen LogP contribution in [0.1, 0.15) is 57.9 Å². The average molecular weight is 301 g/mol. The van der Waals surface area contributed by atoms with E-state index in [4.69, 9.17) is 4.74 Å². The summed E-state index contributed by atoms with van der Waals surface area (Å²) >= 11 is 0. The van der Waals surface area contributed by atoms with Crippen LogP contribution in [0.25, 0.3) is 6.08 Å². The van der Waals surface area contributed by atoms with Crippen molar-refractivity contribution >= 4 is 12.0 Å². The molecule has 0 bridgehead atoms. The first-order valence-corrected chi connectivity index (χ1v) is 8.39. The van der Waals surface area contributed by atoms with Crippen molar-refractivity contribution in [2.75, 3.05) is 0 Å². The Kier molecular flexibility index (Phi) is 6.50. The molecule has 1 aliphatic carbocycles. The lowest BCUT2D eigenvalue weighted by molar-refractivity contribution is -0.117. The molecule has 1 aliphatic rings. The molecule has 0 unspecified atom stereocenters. The zero-order valence-electron chi connectivity index (χ0n) is 13.7. The third kappa shape index (κ3) is 5.92. The van der Waals surface area contributed by atoms with E-state index in [1.54, 1.807) is 6.08 Å². The standard InChI is InChI=1S/C19H27NO2/c1-15(2)22-18-11-7-8-16(14-18)12-13-19(21)20-17-9-5-3-4-6-10-17/h7-8,11-15,17H,3-6,9-10H2,1-2H3,(H,20,21)/b13-12+. The van der Waals surface area contributed by atoms with E-state index in [0.29, 0.717) is 6.04 Å². The van der Waals surface area contributed by atoms with Crippen LogP contribution < -0.4 is 10.1 Å². The Morgan fingerprint density at radius 1 is 1.23 bits per heavy atom. The molecule has 1 fully saturated rings. The zero-order valence-corrected chi connectivity index (χ0v) is 13.7. The number of carbonyl (C=O) groups excluding carboxylic acids is 1. The van der Waals surface area contributed by atoms with Crippen LogP contribution in [-0.4, -0.2) is 18.1 Å². The van der Waals surface area contributed by atoms with Gasteiger partial charge in [-0.05, 0) is 50.5 Å². The first-order valence-electron chi connectivity index (χ1n) is 8.39. The average Bonchev–Trinajstić information content (AvgIpc) is 2.73. The summed E-state index contributed by atoms with van der Waals surface area (Å²) in [6, 6.07) is 8.15. The number of hydrogen-bond acceptors (Lipinski definition) is 2. The van der Waals surface area contributed by atoms with Gasteiger partial charge in [0.05, 0.1) is 6.10 Å². The highest BCUT2D eigenvalue weighted by Gasteiger charge is 2.13. The SMILES string of the molecule is CC(C)Oc1cccc(/C=C/C(=O)NC2CCCCCC2)c1. The fourth-order valence-corrected chi connectivity index (χ4v) is 2.81. The van der Waals surface area contributed by atoms with E-state index in [-0.39, 0.29) is 12.0 Å². The second kappa shape index (κ2) is 8.62. The summed E-state index contributed by atoms with van der Waals surface area (Å²) in [5.41, 5.74) is 0.981. The molecular formula is C19H27NO2. The van der Waals surface area contributed by atoms with E-state index < -0.39 is 0 Å². The second-order valence-corrected chi connectivity index (χ2v) is 6.27. The molecule has 22 heavy (non-hydrogen) atoms. The molecule has 0 heterocycles. The molecule has 1 N–H and O–H groups in total. The van der Waals surface area contributed by atoms with Gasteiger partial charge in [0.2, 0.25) is 5.91 Å². The van der Waals surface area contributed by atoms with Gasteiger partial charge >= 0.3 is 0 Å². The molecule has 1 amide bonds. The van der Waals surface area contributed by atoms with Crippen LogP contribution in [0.3, 0.4) is 0 Å². The first kappa shape index (κ1) is 16.6. The molecule has 0 aromatic heterocycles. The van der Waals surface area contributed by atoms with Crippen molar-refractivity contribution in [1.29, 1.82) is 0 Å². The monoisotopic (exact) mass is 301 g/mol. The topological polar surface area (TPSA) is 38.3 Å². The smallest absolute Gasteiger partial charge is 0.244 e. The summed E-state index contributed by atoms with van der Waals surface area (Å²) in [6.45, 7) is 4.01. The fraction of sp³-hybridized carbons (Fsp3) is 0.526. The number of rotatable bonds is 5. The molecular weight excluding hydrogens is 274 g/mol. The van der Waals surface area contributed by atoms with Crippen LogP contribution in [0.4, 0.5) is 0 Å². The molecule has 1 aromatic carbocycles. The number of ether oxygens (including phenoxy) is 1. The molecule has 2 rings (SSSR count). The van der Waals surface area contributed by atoms with Crippen LogP contribution in [0, 0.1) is 0 Å².